The van der Waals surface area contributed by atoms with E-state index in [1.165, 1.54) is 0 Å². The predicted molar refractivity (Wildman–Crippen MR) is 85.1 cm³/mol. The van der Waals surface area contributed by atoms with E-state index in [-0.39, 0.29) is 12.0 Å². The fourth-order valence-electron chi connectivity index (χ4n) is 2.07. The maximum Gasteiger partial charge on any atom is 0.231 e. The molecule has 1 aromatic heterocycles. The Labute approximate surface area is 134 Å². The zero-order valence-electron chi connectivity index (χ0n) is 12.4. The number of aromatic nitrogens is 2. The van der Waals surface area contributed by atoms with Crippen LogP contribution in [-0.4, -0.2) is 22.7 Å². The van der Waals surface area contributed by atoms with E-state index in [2.05, 4.69) is 36.2 Å². The minimum absolute atomic E-state index is 0.167. The number of hydrogen-bond donors (Lipinski definition) is 1. The molecule has 2 rings (SSSR count). The van der Waals surface area contributed by atoms with Crippen LogP contribution >= 0.6 is 23.2 Å². The number of hydrogen-bond acceptors (Lipinski definition) is 4. The molecule has 1 heterocycles. The normalized spacial score (nSPS) is 14.1. The summed E-state index contributed by atoms with van der Waals surface area (Å²) in [5, 5.41) is 8.47. The molecule has 0 bridgehead atoms. The molecule has 0 amide bonds. The molecule has 6 heteroatoms. The van der Waals surface area contributed by atoms with Gasteiger partial charge in [0.2, 0.25) is 5.89 Å². The Morgan fingerprint density at radius 2 is 2.00 bits per heavy atom. The van der Waals surface area contributed by atoms with Gasteiger partial charge in [0.1, 0.15) is 0 Å². The largest absolute Gasteiger partial charge is 0.339 e. The van der Waals surface area contributed by atoms with Crippen LogP contribution < -0.4 is 5.32 Å². The first-order valence-electron chi connectivity index (χ1n) is 7.01. The Morgan fingerprint density at radius 1 is 1.24 bits per heavy atom. The van der Waals surface area contributed by atoms with Crippen LogP contribution in [0, 0.1) is 0 Å². The maximum atomic E-state index is 6.01. The van der Waals surface area contributed by atoms with Gasteiger partial charge in [0.05, 0.1) is 16.0 Å². The lowest BCUT2D eigenvalue weighted by atomic mass is 10.0. The monoisotopic (exact) mass is 327 g/mol. The summed E-state index contributed by atoms with van der Waals surface area (Å²) in [6, 6.07) is 5.80. The molecule has 114 valence electrons. The second-order valence-electron chi connectivity index (χ2n) is 5.11. The van der Waals surface area contributed by atoms with Gasteiger partial charge in [0, 0.05) is 12.5 Å². The topological polar surface area (TPSA) is 51.0 Å². The fraction of sp³-hybridized carbons (Fsp3) is 0.467. The van der Waals surface area contributed by atoms with Crippen molar-refractivity contribution in [2.75, 3.05) is 6.54 Å². The lowest BCUT2D eigenvalue weighted by Crippen LogP contribution is -2.30. The van der Waals surface area contributed by atoms with Crippen LogP contribution in [0.2, 0.25) is 10.0 Å². The molecule has 0 radical (unpaired) electrons. The van der Waals surface area contributed by atoms with Crippen molar-refractivity contribution in [2.45, 2.75) is 39.2 Å². The van der Waals surface area contributed by atoms with Crippen molar-refractivity contribution >= 4 is 23.2 Å². The smallest absolute Gasteiger partial charge is 0.231 e. The van der Waals surface area contributed by atoms with Crippen molar-refractivity contribution in [1.29, 1.82) is 0 Å². The fourth-order valence-corrected chi connectivity index (χ4v) is 2.39. The molecule has 4 nitrogen and oxygen atoms in total. The van der Waals surface area contributed by atoms with Crippen LogP contribution in [0.4, 0.5) is 0 Å². The number of benzene rings is 1. The van der Waals surface area contributed by atoms with E-state index in [1.807, 2.05) is 12.1 Å². The summed E-state index contributed by atoms with van der Waals surface area (Å²) in [5.74, 6) is 1.47. The van der Waals surface area contributed by atoms with Gasteiger partial charge in [-0.25, -0.2) is 0 Å². The summed E-state index contributed by atoms with van der Waals surface area (Å²) < 4.78 is 5.36. The van der Waals surface area contributed by atoms with E-state index in [1.54, 1.807) is 6.07 Å². The molecule has 21 heavy (non-hydrogen) atoms. The summed E-state index contributed by atoms with van der Waals surface area (Å²) in [7, 11) is 0. The molecular weight excluding hydrogens is 309 g/mol. The van der Waals surface area contributed by atoms with Crippen molar-refractivity contribution < 1.29 is 4.52 Å². The van der Waals surface area contributed by atoms with E-state index in [4.69, 9.17) is 27.7 Å². The predicted octanol–water partition coefficient (Wildman–Crippen LogP) is 4.07. The Balaban J connectivity index is 2.07. The van der Waals surface area contributed by atoms with E-state index < -0.39 is 0 Å². The summed E-state index contributed by atoms with van der Waals surface area (Å²) in [6.07, 6.45) is 0.572. The highest BCUT2D eigenvalue weighted by Crippen LogP contribution is 2.24. The molecule has 1 aromatic carbocycles. The van der Waals surface area contributed by atoms with Crippen LogP contribution in [0.1, 0.15) is 44.0 Å². The molecule has 0 aliphatic heterocycles. The Morgan fingerprint density at radius 3 is 2.67 bits per heavy atom. The van der Waals surface area contributed by atoms with Gasteiger partial charge in [0.15, 0.2) is 5.82 Å². The minimum atomic E-state index is 0.167. The molecule has 0 aliphatic rings. The van der Waals surface area contributed by atoms with E-state index in [0.29, 0.717) is 28.2 Å². The molecule has 0 spiro atoms. The first-order valence-corrected chi connectivity index (χ1v) is 7.76. The molecule has 0 fully saturated rings. The average molecular weight is 328 g/mol. The molecule has 2 atom stereocenters. The summed E-state index contributed by atoms with van der Waals surface area (Å²) in [4.78, 5) is 4.47. The van der Waals surface area contributed by atoms with Crippen LogP contribution in [0.3, 0.4) is 0 Å². The van der Waals surface area contributed by atoms with Gasteiger partial charge in [-0.1, -0.05) is 48.3 Å². The standard InChI is InChI=1S/C15H19Cl2N3O/c1-4-18-10(3)9(2)15-19-14(20-21-15)8-11-5-6-12(16)13(17)7-11/h5-7,9-10,18H,4,8H2,1-3H3. The number of likely N-dealkylation sites (N-methyl/N-ethyl adjacent to an activating group) is 1. The third-order valence-electron chi connectivity index (χ3n) is 3.50. The number of nitrogens with zero attached hydrogens (tertiary/aromatic N) is 2. The molecule has 0 saturated carbocycles. The van der Waals surface area contributed by atoms with Crippen molar-refractivity contribution in [1.82, 2.24) is 15.5 Å². The zero-order valence-corrected chi connectivity index (χ0v) is 13.9. The van der Waals surface area contributed by atoms with Gasteiger partial charge in [-0.2, -0.15) is 4.98 Å². The summed E-state index contributed by atoms with van der Waals surface area (Å²) >= 11 is 11.9. The second-order valence-corrected chi connectivity index (χ2v) is 5.92. The molecule has 2 aromatic rings. The average Bonchev–Trinajstić information content (AvgIpc) is 2.91. The van der Waals surface area contributed by atoms with Crippen LogP contribution in [0.25, 0.3) is 0 Å². The molecule has 1 N–H and O–H groups in total. The number of nitrogens with one attached hydrogen (secondary N) is 1. The third kappa shape index (κ3) is 4.19. The van der Waals surface area contributed by atoms with Crippen molar-refractivity contribution in [3.05, 3.63) is 45.5 Å². The minimum Gasteiger partial charge on any atom is -0.339 e. The van der Waals surface area contributed by atoms with Crippen molar-refractivity contribution in [2.24, 2.45) is 0 Å². The first kappa shape index (κ1) is 16.3. The Kier molecular flexibility index (Phi) is 5.62. The van der Waals surface area contributed by atoms with Gasteiger partial charge >= 0.3 is 0 Å². The lowest BCUT2D eigenvalue weighted by Gasteiger charge is -2.16. The number of halogens is 2. The van der Waals surface area contributed by atoms with Gasteiger partial charge in [0.25, 0.3) is 0 Å². The highest BCUT2D eigenvalue weighted by molar-refractivity contribution is 6.42. The highest BCUT2D eigenvalue weighted by atomic mass is 35.5. The second kappa shape index (κ2) is 7.25. The van der Waals surface area contributed by atoms with Gasteiger partial charge in [-0.3, -0.25) is 0 Å². The lowest BCUT2D eigenvalue weighted by molar-refractivity contribution is 0.330. The zero-order chi connectivity index (χ0) is 15.4. The molecule has 0 aliphatic carbocycles. The summed E-state index contributed by atoms with van der Waals surface area (Å²) in [6.45, 7) is 7.17. The van der Waals surface area contributed by atoms with Crippen molar-refractivity contribution in [3.63, 3.8) is 0 Å². The van der Waals surface area contributed by atoms with Crippen LogP contribution in [0.5, 0.6) is 0 Å². The van der Waals surface area contributed by atoms with E-state index in [0.717, 1.165) is 12.1 Å². The first-order chi connectivity index (χ1) is 10.0. The van der Waals surface area contributed by atoms with Gasteiger partial charge < -0.3 is 9.84 Å². The van der Waals surface area contributed by atoms with E-state index >= 15 is 0 Å². The summed E-state index contributed by atoms with van der Waals surface area (Å²) in [5.41, 5.74) is 1.00. The molecule has 2 unspecified atom stereocenters. The third-order valence-corrected chi connectivity index (χ3v) is 4.23. The quantitative estimate of drug-likeness (QED) is 0.868. The molecular formula is C15H19Cl2N3O. The van der Waals surface area contributed by atoms with Gasteiger partial charge in [-0.15, -0.1) is 0 Å². The SMILES string of the molecule is CCNC(C)C(C)c1nc(Cc2ccc(Cl)c(Cl)c2)no1. The number of rotatable bonds is 6. The van der Waals surface area contributed by atoms with Crippen LogP contribution in [-0.2, 0) is 6.42 Å². The maximum absolute atomic E-state index is 6.01. The van der Waals surface area contributed by atoms with E-state index in [9.17, 15) is 0 Å². The van der Waals surface area contributed by atoms with Gasteiger partial charge in [-0.05, 0) is 31.2 Å². The Hall–Kier alpha value is -1.10. The van der Waals surface area contributed by atoms with Crippen LogP contribution in [0.15, 0.2) is 22.7 Å². The highest BCUT2D eigenvalue weighted by Gasteiger charge is 2.20. The van der Waals surface area contributed by atoms with Crippen molar-refractivity contribution in [3.8, 4) is 0 Å². The Bertz CT molecular complexity index is 600. The molecule has 0 saturated heterocycles.